The van der Waals surface area contributed by atoms with Gasteiger partial charge in [-0.05, 0) is 30.7 Å². The van der Waals surface area contributed by atoms with Crippen LogP contribution < -0.4 is 0 Å². The molecule has 0 N–H and O–H groups in total. The minimum absolute atomic E-state index is 0.172. The molecule has 0 bridgehead atoms. The van der Waals surface area contributed by atoms with Crippen LogP contribution in [0.15, 0.2) is 35.2 Å². The molecule has 0 heterocycles. The number of carbonyl (C=O) groups excluding carboxylic acids is 1. The fourth-order valence-electron chi connectivity index (χ4n) is 0.750. The first-order chi connectivity index (χ1) is 5.70. The third kappa shape index (κ3) is 2.88. The lowest BCUT2D eigenvalue weighted by atomic mass is 10.4. The molecule has 0 aromatic heterocycles. The topological polar surface area (TPSA) is 17.1 Å². The summed E-state index contributed by atoms with van der Waals surface area (Å²) < 4.78 is 0. The minimum atomic E-state index is -0.302. The number of carbonyl (C=O) groups is 1. The molecule has 1 aromatic carbocycles. The van der Waals surface area contributed by atoms with Gasteiger partial charge in [0.2, 0.25) is 5.24 Å². The highest BCUT2D eigenvalue weighted by Crippen LogP contribution is 2.23. The van der Waals surface area contributed by atoms with Crippen molar-refractivity contribution in [2.24, 2.45) is 0 Å². The first-order valence-corrected chi connectivity index (χ1v) is 4.87. The summed E-state index contributed by atoms with van der Waals surface area (Å²) in [6.07, 6.45) is 0. The van der Waals surface area contributed by atoms with E-state index >= 15 is 0 Å². The van der Waals surface area contributed by atoms with Gasteiger partial charge in [-0.3, -0.25) is 4.79 Å². The third-order valence-electron chi connectivity index (χ3n) is 1.38. The third-order valence-corrected chi connectivity index (χ3v) is 2.94. The van der Waals surface area contributed by atoms with E-state index in [1.807, 2.05) is 30.3 Å². The Morgan fingerprint density at radius 2 is 2.00 bits per heavy atom. The van der Waals surface area contributed by atoms with Crippen LogP contribution in [0.4, 0.5) is 0 Å². The zero-order valence-electron chi connectivity index (χ0n) is 6.66. The molecular weight excluding hydrogens is 192 g/mol. The average molecular weight is 201 g/mol. The van der Waals surface area contributed by atoms with Crippen molar-refractivity contribution in [3.8, 4) is 0 Å². The van der Waals surface area contributed by atoms with Crippen LogP contribution in [0.5, 0.6) is 0 Å². The molecule has 0 fully saturated rings. The molecule has 64 valence electrons. The molecule has 0 saturated carbocycles. The maximum Gasteiger partial charge on any atom is 0.234 e. The second-order valence-electron chi connectivity index (χ2n) is 2.38. The lowest BCUT2D eigenvalue weighted by Gasteiger charge is -2.04. The Labute approximate surface area is 81.1 Å². The van der Waals surface area contributed by atoms with Gasteiger partial charge in [-0.15, -0.1) is 11.8 Å². The Kier molecular flexibility index (Phi) is 3.63. The Morgan fingerprint density at radius 3 is 2.50 bits per heavy atom. The first kappa shape index (κ1) is 9.62. The van der Waals surface area contributed by atoms with Crippen molar-refractivity contribution < 1.29 is 4.79 Å². The van der Waals surface area contributed by atoms with Gasteiger partial charge in [0.1, 0.15) is 0 Å². The molecule has 1 rings (SSSR count). The summed E-state index contributed by atoms with van der Waals surface area (Å²) >= 11 is 6.79. The van der Waals surface area contributed by atoms with E-state index in [9.17, 15) is 4.79 Å². The van der Waals surface area contributed by atoms with E-state index in [1.165, 1.54) is 11.8 Å². The predicted molar refractivity (Wildman–Crippen MR) is 52.6 cm³/mol. The lowest BCUT2D eigenvalue weighted by Crippen LogP contribution is -2.04. The molecule has 1 aromatic rings. The average Bonchev–Trinajstić information content (AvgIpc) is 2.06. The zero-order chi connectivity index (χ0) is 8.97. The summed E-state index contributed by atoms with van der Waals surface area (Å²) in [4.78, 5) is 11.8. The number of hydrogen-bond acceptors (Lipinski definition) is 2. The lowest BCUT2D eigenvalue weighted by molar-refractivity contribution is -0.111. The van der Waals surface area contributed by atoms with Crippen LogP contribution in [0.1, 0.15) is 6.92 Å². The van der Waals surface area contributed by atoms with E-state index in [4.69, 9.17) is 11.6 Å². The summed E-state index contributed by atoms with van der Waals surface area (Å²) in [5.41, 5.74) is 0. The van der Waals surface area contributed by atoms with Gasteiger partial charge in [0.25, 0.3) is 0 Å². The van der Waals surface area contributed by atoms with Gasteiger partial charge in [0, 0.05) is 4.90 Å². The Balaban J connectivity index is 2.58. The smallest absolute Gasteiger partial charge is 0.234 e. The normalized spacial score (nSPS) is 12.5. The molecule has 0 radical (unpaired) electrons. The molecule has 0 aliphatic heterocycles. The van der Waals surface area contributed by atoms with Crippen LogP contribution in [-0.2, 0) is 4.79 Å². The predicted octanol–water partition coefficient (Wildman–Crippen LogP) is 2.93. The molecule has 0 spiro atoms. The molecule has 1 unspecified atom stereocenters. The van der Waals surface area contributed by atoms with Crippen molar-refractivity contribution in [3.05, 3.63) is 30.3 Å². The maximum atomic E-state index is 10.7. The molecule has 1 nitrogen and oxygen atoms in total. The van der Waals surface area contributed by atoms with Gasteiger partial charge in [0.15, 0.2) is 0 Å². The number of thioether (sulfide) groups is 1. The van der Waals surface area contributed by atoms with Gasteiger partial charge < -0.3 is 0 Å². The summed E-state index contributed by atoms with van der Waals surface area (Å²) in [7, 11) is 0. The van der Waals surface area contributed by atoms with E-state index in [2.05, 4.69) is 0 Å². The molecule has 12 heavy (non-hydrogen) atoms. The van der Waals surface area contributed by atoms with E-state index < -0.39 is 0 Å². The van der Waals surface area contributed by atoms with Gasteiger partial charge in [0.05, 0.1) is 5.25 Å². The van der Waals surface area contributed by atoms with Gasteiger partial charge in [-0.1, -0.05) is 18.2 Å². The molecular formula is C9H9ClOS. The van der Waals surface area contributed by atoms with Crippen LogP contribution in [0.2, 0.25) is 0 Å². The van der Waals surface area contributed by atoms with E-state index in [0.717, 1.165) is 4.90 Å². The number of halogens is 1. The van der Waals surface area contributed by atoms with Gasteiger partial charge >= 0.3 is 0 Å². The monoisotopic (exact) mass is 200 g/mol. The fourth-order valence-corrected chi connectivity index (χ4v) is 1.70. The molecule has 0 saturated heterocycles. The van der Waals surface area contributed by atoms with Crippen molar-refractivity contribution in [2.75, 3.05) is 0 Å². The summed E-state index contributed by atoms with van der Waals surface area (Å²) in [6, 6.07) is 9.74. The van der Waals surface area contributed by atoms with E-state index in [-0.39, 0.29) is 10.5 Å². The minimum Gasteiger partial charge on any atom is -0.280 e. The van der Waals surface area contributed by atoms with E-state index in [0.29, 0.717) is 0 Å². The Hall–Kier alpha value is -0.470. The van der Waals surface area contributed by atoms with Crippen molar-refractivity contribution in [3.63, 3.8) is 0 Å². The van der Waals surface area contributed by atoms with Crippen molar-refractivity contribution in [2.45, 2.75) is 17.1 Å². The summed E-state index contributed by atoms with van der Waals surface area (Å²) in [5.74, 6) is 0. The zero-order valence-corrected chi connectivity index (χ0v) is 8.23. The highest BCUT2D eigenvalue weighted by atomic mass is 35.5. The number of hydrogen-bond donors (Lipinski definition) is 0. The van der Waals surface area contributed by atoms with Crippen LogP contribution in [0.3, 0.4) is 0 Å². The SMILES string of the molecule is CC(Sc1ccccc1)C(=O)Cl. The fraction of sp³-hybridized carbons (Fsp3) is 0.222. The first-order valence-electron chi connectivity index (χ1n) is 3.61. The summed E-state index contributed by atoms with van der Waals surface area (Å²) in [5, 5.41) is -0.474. The second kappa shape index (κ2) is 4.53. The van der Waals surface area contributed by atoms with Crippen LogP contribution >= 0.6 is 23.4 Å². The standard InChI is InChI=1S/C9H9ClOS/c1-7(9(10)11)12-8-5-3-2-4-6-8/h2-7H,1H3. The summed E-state index contributed by atoms with van der Waals surface area (Å²) in [6.45, 7) is 1.80. The molecule has 1 atom stereocenters. The van der Waals surface area contributed by atoms with E-state index in [1.54, 1.807) is 6.92 Å². The number of rotatable bonds is 3. The molecule has 0 aliphatic carbocycles. The van der Waals surface area contributed by atoms with Crippen LogP contribution in [-0.4, -0.2) is 10.5 Å². The van der Waals surface area contributed by atoms with Gasteiger partial charge in [-0.25, -0.2) is 0 Å². The Morgan fingerprint density at radius 1 is 1.42 bits per heavy atom. The quantitative estimate of drug-likeness (QED) is 0.551. The second-order valence-corrected chi connectivity index (χ2v) is 4.16. The number of benzene rings is 1. The Bertz CT molecular complexity index is 260. The molecule has 0 aliphatic rings. The van der Waals surface area contributed by atoms with Crippen LogP contribution in [0, 0.1) is 0 Å². The van der Waals surface area contributed by atoms with Crippen molar-refractivity contribution >= 4 is 28.6 Å². The maximum absolute atomic E-state index is 10.7. The highest BCUT2D eigenvalue weighted by Gasteiger charge is 2.10. The van der Waals surface area contributed by atoms with Gasteiger partial charge in [-0.2, -0.15) is 0 Å². The molecule has 0 amide bonds. The van der Waals surface area contributed by atoms with Crippen LogP contribution in [0.25, 0.3) is 0 Å². The molecule has 3 heteroatoms. The largest absolute Gasteiger partial charge is 0.280 e. The highest BCUT2D eigenvalue weighted by molar-refractivity contribution is 8.00. The van der Waals surface area contributed by atoms with Crippen molar-refractivity contribution in [1.82, 2.24) is 0 Å². The van der Waals surface area contributed by atoms with Crippen molar-refractivity contribution in [1.29, 1.82) is 0 Å².